The number of benzene rings is 1. The van der Waals surface area contributed by atoms with Crippen molar-refractivity contribution in [3.05, 3.63) is 60.2 Å². The summed E-state index contributed by atoms with van der Waals surface area (Å²) in [4.78, 5) is 17.4. The Balaban J connectivity index is 1.72. The van der Waals surface area contributed by atoms with Crippen LogP contribution in [0, 0.1) is 11.7 Å². The maximum Gasteiger partial charge on any atom is 0.268 e. The van der Waals surface area contributed by atoms with Crippen LogP contribution >= 0.6 is 0 Å². The van der Waals surface area contributed by atoms with Gasteiger partial charge in [-0.15, -0.1) is 0 Å². The Morgan fingerprint density at radius 2 is 2.09 bits per heavy atom. The molecule has 10 heteroatoms. The third kappa shape index (κ3) is 4.50. The zero-order chi connectivity index (χ0) is 23.8. The highest BCUT2D eigenvalue weighted by Gasteiger charge is 2.48. The lowest BCUT2D eigenvalue weighted by Gasteiger charge is -2.42. The van der Waals surface area contributed by atoms with E-state index in [0.717, 1.165) is 11.8 Å². The van der Waals surface area contributed by atoms with Gasteiger partial charge < -0.3 is 16.0 Å². The molecule has 2 unspecified atom stereocenters. The number of halogens is 3. The van der Waals surface area contributed by atoms with Crippen LogP contribution < -0.4 is 16.0 Å². The van der Waals surface area contributed by atoms with Crippen LogP contribution in [0.5, 0.6) is 0 Å². The quantitative estimate of drug-likeness (QED) is 0.568. The number of aromatic nitrogens is 3. The van der Waals surface area contributed by atoms with Crippen molar-refractivity contribution in [1.82, 2.24) is 14.8 Å². The summed E-state index contributed by atoms with van der Waals surface area (Å²) in [6.07, 6.45) is 4.16. The first-order valence-corrected chi connectivity index (χ1v) is 10.7. The molecule has 0 spiro atoms. The second-order valence-corrected chi connectivity index (χ2v) is 8.37. The second-order valence-electron chi connectivity index (χ2n) is 8.37. The van der Waals surface area contributed by atoms with Crippen molar-refractivity contribution in [2.75, 3.05) is 17.3 Å². The number of carbonyl (C=O) groups is 1. The van der Waals surface area contributed by atoms with Crippen LogP contribution in [0.4, 0.5) is 30.5 Å². The van der Waals surface area contributed by atoms with E-state index in [4.69, 9.17) is 5.73 Å². The van der Waals surface area contributed by atoms with Gasteiger partial charge in [0.2, 0.25) is 0 Å². The molecule has 0 aliphatic heterocycles. The minimum Gasteiger partial charge on any atom is -0.365 e. The summed E-state index contributed by atoms with van der Waals surface area (Å²) in [7, 11) is 1.40. The normalized spacial score (nSPS) is 19.8. The first-order valence-electron chi connectivity index (χ1n) is 10.7. The number of nitrogens with two attached hydrogens (primary N) is 1. The molecule has 2 atom stereocenters. The zero-order valence-electron chi connectivity index (χ0n) is 18.3. The lowest BCUT2D eigenvalue weighted by atomic mass is 9.82. The van der Waals surface area contributed by atoms with Crippen LogP contribution in [-0.4, -0.2) is 39.7 Å². The summed E-state index contributed by atoms with van der Waals surface area (Å²) in [5, 5.41) is 7.15. The predicted molar refractivity (Wildman–Crippen MR) is 120 cm³/mol. The monoisotopic (exact) mass is 458 g/mol. The maximum atomic E-state index is 15.0. The van der Waals surface area contributed by atoms with Crippen molar-refractivity contribution in [1.29, 1.82) is 0 Å². The molecule has 1 saturated carbocycles. The highest BCUT2D eigenvalue weighted by atomic mass is 19.3. The average Bonchev–Trinajstić information content (AvgIpc) is 3.29. The van der Waals surface area contributed by atoms with Gasteiger partial charge in [-0.25, -0.2) is 22.8 Å². The molecule has 1 aromatic carbocycles. The number of primary amides is 1. The molecule has 2 heterocycles. The number of carbonyl (C=O) groups excluding carboxylic acids is 1. The predicted octanol–water partition coefficient (Wildman–Crippen LogP) is 4.51. The fourth-order valence-corrected chi connectivity index (χ4v) is 4.47. The number of pyridine rings is 1. The average molecular weight is 458 g/mol. The Morgan fingerprint density at radius 3 is 2.76 bits per heavy atom. The third-order valence-electron chi connectivity index (χ3n) is 5.99. The number of anilines is 3. The van der Waals surface area contributed by atoms with Crippen molar-refractivity contribution < 1.29 is 18.0 Å². The molecular formula is C23H25F3N6O. The number of hydrogen-bond acceptors (Lipinski definition) is 5. The molecule has 3 aromatic rings. The molecule has 1 aliphatic carbocycles. The van der Waals surface area contributed by atoms with E-state index in [2.05, 4.69) is 15.4 Å². The lowest BCUT2D eigenvalue weighted by Crippen LogP contribution is -2.53. The van der Waals surface area contributed by atoms with Crippen molar-refractivity contribution >= 4 is 23.2 Å². The molecular weight excluding hydrogens is 433 g/mol. The molecule has 0 bridgehead atoms. The third-order valence-corrected chi connectivity index (χ3v) is 5.99. The highest BCUT2D eigenvalue weighted by molar-refractivity contribution is 5.98. The zero-order valence-corrected chi connectivity index (χ0v) is 18.3. The van der Waals surface area contributed by atoms with Gasteiger partial charge in [0.05, 0.1) is 17.3 Å². The van der Waals surface area contributed by atoms with Gasteiger partial charge in [0.25, 0.3) is 11.8 Å². The Kier molecular flexibility index (Phi) is 6.01. The molecule has 33 heavy (non-hydrogen) atoms. The molecule has 0 radical (unpaired) electrons. The summed E-state index contributed by atoms with van der Waals surface area (Å²) < 4.78 is 46.1. The first-order chi connectivity index (χ1) is 15.7. The van der Waals surface area contributed by atoms with Gasteiger partial charge in [-0.2, -0.15) is 5.10 Å². The van der Waals surface area contributed by atoms with E-state index in [-0.39, 0.29) is 29.5 Å². The first kappa shape index (κ1) is 22.6. The van der Waals surface area contributed by atoms with E-state index in [1.807, 2.05) is 6.07 Å². The van der Waals surface area contributed by atoms with Crippen LogP contribution in [0.15, 0.2) is 48.8 Å². The molecule has 174 valence electrons. The fraction of sp³-hybridized carbons (Fsp3) is 0.348. The summed E-state index contributed by atoms with van der Waals surface area (Å²) in [6, 6.07) is 8.57. The van der Waals surface area contributed by atoms with Crippen molar-refractivity contribution in [3.63, 3.8) is 0 Å². The molecule has 2 aromatic heterocycles. The number of nitrogens with one attached hydrogen (secondary N) is 1. The van der Waals surface area contributed by atoms with Crippen LogP contribution in [0.2, 0.25) is 0 Å². The van der Waals surface area contributed by atoms with E-state index >= 15 is 0 Å². The Bertz CT molecular complexity index is 1150. The van der Waals surface area contributed by atoms with Gasteiger partial charge in [-0.05, 0) is 49.1 Å². The smallest absolute Gasteiger partial charge is 0.268 e. The van der Waals surface area contributed by atoms with Gasteiger partial charge in [-0.1, -0.05) is 13.0 Å². The lowest BCUT2D eigenvalue weighted by molar-refractivity contribution is -0.0701. The summed E-state index contributed by atoms with van der Waals surface area (Å²) in [6.45, 7) is 1.73. The molecule has 0 saturated heterocycles. The highest BCUT2D eigenvalue weighted by Crippen LogP contribution is 2.41. The van der Waals surface area contributed by atoms with Crippen molar-refractivity contribution in [2.24, 2.45) is 11.7 Å². The number of hydrogen-bond donors (Lipinski definition) is 2. The van der Waals surface area contributed by atoms with Crippen LogP contribution in [-0.2, 0) is 0 Å². The molecule has 7 nitrogen and oxygen atoms in total. The Morgan fingerprint density at radius 1 is 1.30 bits per heavy atom. The van der Waals surface area contributed by atoms with Crippen LogP contribution in [0.25, 0.3) is 5.69 Å². The number of alkyl halides is 2. The number of nitrogens with zero attached hydrogens (tertiary/aromatic N) is 4. The van der Waals surface area contributed by atoms with Gasteiger partial charge in [0, 0.05) is 31.5 Å². The molecule has 4 rings (SSSR count). The minimum absolute atomic E-state index is 0.0184. The molecule has 3 N–H and O–H groups in total. The van der Waals surface area contributed by atoms with E-state index in [1.165, 1.54) is 11.9 Å². The maximum absolute atomic E-state index is 15.0. The minimum atomic E-state index is -2.99. The van der Waals surface area contributed by atoms with Crippen LogP contribution in [0.3, 0.4) is 0 Å². The van der Waals surface area contributed by atoms with Gasteiger partial charge >= 0.3 is 0 Å². The van der Waals surface area contributed by atoms with E-state index in [1.54, 1.807) is 48.3 Å². The second kappa shape index (κ2) is 8.76. The number of amides is 1. The molecule has 1 fully saturated rings. The largest absolute Gasteiger partial charge is 0.365 e. The van der Waals surface area contributed by atoms with E-state index < -0.39 is 23.7 Å². The Labute approximate surface area is 189 Å². The molecule has 1 amide bonds. The van der Waals surface area contributed by atoms with Crippen molar-refractivity contribution in [2.45, 2.75) is 38.2 Å². The topological polar surface area (TPSA) is 89.1 Å². The summed E-state index contributed by atoms with van der Waals surface area (Å²) >= 11 is 0. The van der Waals surface area contributed by atoms with E-state index in [9.17, 15) is 18.0 Å². The van der Waals surface area contributed by atoms with Crippen molar-refractivity contribution in [3.8, 4) is 5.69 Å². The SMILES string of the molecule is CC1CCCC(F)(F)C1N(C)c1nc(Nc2cccc(-n3cccn3)c2)c(C(N)=O)cc1F. The standard InChI is InChI=1S/C23H25F3N6O/c1-14-6-4-9-23(25,26)19(14)31(2)22-18(24)13-17(20(27)33)21(30-22)29-15-7-3-8-16(12-15)32-11-5-10-28-32/h3,5,7-8,10-14,19H,4,6,9H2,1-2H3,(H2,27,33)(H,29,30). The number of rotatable bonds is 6. The summed E-state index contributed by atoms with van der Waals surface area (Å²) in [5.74, 6) is -5.43. The fourth-order valence-electron chi connectivity index (χ4n) is 4.47. The molecule has 1 aliphatic rings. The van der Waals surface area contributed by atoms with Crippen LogP contribution in [0.1, 0.15) is 36.5 Å². The van der Waals surface area contributed by atoms with E-state index in [0.29, 0.717) is 18.5 Å². The van der Waals surface area contributed by atoms with Gasteiger partial charge in [0.15, 0.2) is 11.6 Å². The van der Waals surface area contributed by atoms with Gasteiger partial charge in [0.1, 0.15) is 5.82 Å². The van der Waals surface area contributed by atoms with Gasteiger partial charge in [-0.3, -0.25) is 4.79 Å². The summed E-state index contributed by atoms with van der Waals surface area (Å²) in [5.41, 5.74) is 6.54. The Hall–Kier alpha value is -3.56.